The number of nitrogen functional groups attached to an aromatic ring is 1. The normalized spacial score (nSPS) is 10.1. The van der Waals surface area contributed by atoms with Crippen LogP contribution in [0.3, 0.4) is 0 Å². The number of rotatable bonds is 5. The summed E-state index contributed by atoms with van der Waals surface area (Å²) >= 11 is 0. The molecule has 2 N–H and O–H groups in total. The van der Waals surface area contributed by atoms with E-state index >= 15 is 0 Å². The fourth-order valence-electron chi connectivity index (χ4n) is 1.46. The predicted molar refractivity (Wildman–Crippen MR) is 63.6 cm³/mol. The summed E-state index contributed by atoms with van der Waals surface area (Å²) in [6, 6.07) is 8.04. The zero-order valence-electron chi connectivity index (χ0n) is 9.16. The summed E-state index contributed by atoms with van der Waals surface area (Å²) in [7, 11) is 2.13. The Morgan fingerprint density at radius 2 is 1.79 bits per heavy atom. The van der Waals surface area contributed by atoms with Crippen LogP contribution in [0.2, 0.25) is 0 Å². The summed E-state index contributed by atoms with van der Waals surface area (Å²) in [6.07, 6.45) is 3.84. The number of benzene rings is 1. The molecule has 2 heteroatoms. The van der Waals surface area contributed by atoms with Crippen LogP contribution in [0.5, 0.6) is 0 Å². The fraction of sp³-hybridized carbons (Fsp3) is 0.500. The largest absolute Gasteiger partial charge is 0.399 e. The van der Waals surface area contributed by atoms with Crippen molar-refractivity contribution in [3.8, 4) is 0 Å². The van der Waals surface area contributed by atoms with Crippen LogP contribution >= 0.6 is 0 Å². The van der Waals surface area contributed by atoms with E-state index in [0.717, 1.165) is 12.2 Å². The number of anilines is 2. The molecule has 0 bridgehead atoms. The molecule has 0 saturated carbocycles. The van der Waals surface area contributed by atoms with Gasteiger partial charge in [0.2, 0.25) is 0 Å². The number of hydrogen-bond acceptors (Lipinski definition) is 2. The first-order chi connectivity index (χ1) is 6.74. The van der Waals surface area contributed by atoms with Crippen molar-refractivity contribution in [1.29, 1.82) is 0 Å². The van der Waals surface area contributed by atoms with Gasteiger partial charge >= 0.3 is 0 Å². The maximum atomic E-state index is 5.63. The average molecular weight is 192 g/mol. The SMILES string of the molecule is CCCCCN(C)c1ccc(N)cc1. The van der Waals surface area contributed by atoms with Gasteiger partial charge in [0.1, 0.15) is 0 Å². The summed E-state index contributed by atoms with van der Waals surface area (Å²) in [6.45, 7) is 3.35. The molecule has 0 amide bonds. The molecule has 0 saturated heterocycles. The topological polar surface area (TPSA) is 29.3 Å². The Balaban J connectivity index is 2.43. The van der Waals surface area contributed by atoms with Gasteiger partial charge in [0.25, 0.3) is 0 Å². The standard InChI is InChI=1S/C12H20N2/c1-3-4-5-10-14(2)12-8-6-11(13)7-9-12/h6-9H,3-5,10,13H2,1-2H3. The first-order valence-corrected chi connectivity index (χ1v) is 5.30. The summed E-state index contributed by atoms with van der Waals surface area (Å²) in [5.74, 6) is 0. The number of hydrogen-bond donors (Lipinski definition) is 1. The van der Waals surface area contributed by atoms with E-state index in [9.17, 15) is 0 Å². The van der Waals surface area contributed by atoms with E-state index in [1.165, 1.54) is 24.9 Å². The number of unbranched alkanes of at least 4 members (excludes halogenated alkanes) is 2. The van der Waals surface area contributed by atoms with Crippen LogP contribution in [0.25, 0.3) is 0 Å². The highest BCUT2D eigenvalue weighted by Crippen LogP contribution is 2.15. The van der Waals surface area contributed by atoms with Gasteiger partial charge in [0.05, 0.1) is 0 Å². The van der Waals surface area contributed by atoms with Gasteiger partial charge < -0.3 is 10.6 Å². The molecule has 0 unspecified atom stereocenters. The minimum Gasteiger partial charge on any atom is -0.399 e. The van der Waals surface area contributed by atoms with Crippen LogP contribution in [-0.4, -0.2) is 13.6 Å². The quantitative estimate of drug-likeness (QED) is 0.574. The third-order valence-corrected chi connectivity index (χ3v) is 2.43. The van der Waals surface area contributed by atoms with Crippen LogP contribution in [-0.2, 0) is 0 Å². The van der Waals surface area contributed by atoms with Crippen LogP contribution < -0.4 is 10.6 Å². The third kappa shape index (κ3) is 3.29. The van der Waals surface area contributed by atoms with Crippen molar-refractivity contribution in [3.05, 3.63) is 24.3 Å². The van der Waals surface area contributed by atoms with Gasteiger partial charge in [-0.1, -0.05) is 19.8 Å². The van der Waals surface area contributed by atoms with E-state index < -0.39 is 0 Å². The zero-order chi connectivity index (χ0) is 10.4. The molecule has 0 fully saturated rings. The van der Waals surface area contributed by atoms with Gasteiger partial charge in [-0.2, -0.15) is 0 Å². The first kappa shape index (κ1) is 10.9. The van der Waals surface area contributed by atoms with Gasteiger partial charge in [0.15, 0.2) is 0 Å². The van der Waals surface area contributed by atoms with E-state index in [4.69, 9.17) is 5.73 Å². The lowest BCUT2D eigenvalue weighted by Crippen LogP contribution is -2.18. The van der Waals surface area contributed by atoms with Crippen molar-refractivity contribution >= 4 is 11.4 Å². The molecule has 0 heterocycles. The lowest BCUT2D eigenvalue weighted by molar-refractivity contribution is 0.705. The second-order valence-electron chi connectivity index (χ2n) is 3.72. The van der Waals surface area contributed by atoms with Gasteiger partial charge in [-0.3, -0.25) is 0 Å². The molecule has 1 aromatic carbocycles. The van der Waals surface area contributed by atoms with E-state index in [-0.39, 0.29) is 0 Å². The highest BCUT2D eigenvalue weighted by Gasteiger charge is 1.98. The number of nitrogens with two attached hydrogens (primary N) is 1. The third-order valence-electron chi connectivity index (χ3n) is 2.43. The molecular weight excluding hydrogens is 172 g/mol. The molecule has 0 atom stereocenters. The average Bonchev–Trinajstić information content (AvgIpc) is 2.19. The molecule has 14 heavy (non-hydrogen) atoms. The number of nitrogens with zero attached hydrogens (tertiary/aromatic N) is 1. The van der Waals surface area contributed by atoms with Crippen LogP contribution in [0.15, 0.2) is 24.3 Å². The smallest absolute Gasteiger partial charge is 0.0365 e. The van der Waals surface area contributed by atoms with Crippen molar-refractivity contribution in [2.24, 2.45) is 0 Å². The Bertz CT molecular complexity index is 254. The highest BCUT2D eigenvalue weighted by molar-refractivity contribution is 5.52. The van der Waals surface area contributed by atoms with Gasteiger partial charge in [0, 0.05) is 25.0 Å². The molecule has 0 aliphatic rings. The highest BCUT2D eigenvalue weighted by atomic mass is 15.1. The second-order valence-corrected chi connectivity index (χ2v) is 3.72. The molecule has 78 valence electrons. The summed E-state index contributed by atoms with van der Waals surface area (Å²) in [5, 5.41) is 0. The van der Waals surface area contributed by atoms with Gasteiger partial charge in [-0.25, -0.2) is 0 Å². The van der Waals surface area contributed by atoms with Crippen LogP contribution in [0.4, 0.5) is 11.4 Å². The maximum absolute atomic E-state index is 5.63. The van der Waals surface area contributed by atoms with Crippen molar-refractivity contribution < 1.29 is 0 Å². The molecule has 1 aromatic rings. The van der Waals surface area contributed by atoms with Gasteiger partial charge in [-0.05, 0) is 30.7 Å². The zero-order valence-corrected chi connectivity index (χ0v) is 9.16. The molecule has 2 nitrogen and oxygen atoms in total. The van der Waals surface area contributed by atoms with Crippen molar-refractivity contribution in [2.75, 3.05) is 24.2 Å². The van der Waals surface area contributed by atoms with E-state index in [2.05, 4.69) is 31.0 Å². The molecule has 0 spiro atoms. The Labute approximate surface area is 86.7 Å². The maximum Gasteiger partial charge on any atom is 0.0365 e. The van der Waals surface area contributed by atoms with Crippen LogP contribution in [0, 0.1) is 0 Å². The lowest BCUT2D eigenvalue weighted by Gasteiger charge is -2.19. The minimum absolute atomic E-state index is 0.829. The van der Waals surface area contributed by atoms with Crippen molar-refractivity contribution in [3.63, 3.8) is 0 Å². The Morgan fingerprint density at radius 1 is 1.14 bits per heavy atom. The van der Waals surface area contributed by atoms with Crippen molar-refractivity contribution in [1.82, 2.24) is 0 Å². The van der Waals surface area contributed by atoms with Crippen LogP contribution in [0.1, 0.15) is 26.2 Å². The predicted octanol–water partition coefficient (Wildman–Crippen LogP) is 2.90. The lowest BCUT2D eigenvalue weighted by atomic mass is 10.2. The summed E-state index contributed by atoms with van der Waals surface area (Å²) < 4.78 is 0. The Hall–Kier alpha value is -1.18. The van der Waals surface area contributed by atoms with Crippen molar-refractivity contribution in [2.45, 2.75) is 26.2 Å². The molecular formula is C12H20N2. The molecule has 1 rings (SSSR count). The fourth-order valence-corrected chi connectivity index (χ4v) is 1.46. The molecule has 0 radical (unpaired) electrons. The van der Waals surface area contributed by atoms with E-state index in [1.54, 1.807) is 0 Å². The second kappa shape index (κ2) is 5.53. The Morgan fingerprint density at radius 3 is 2.36 bits per heavy atom. The summed E-state index contributed by atoms with van der Waals surface area (Å²) in [4.78, 5) is 2.27. The van der Waals surface area contributed by atoms with Gasteiger partial charge in [-0.15, -0.1) is 0 Å². The molecule has 0 aromatic heterocycles. The molecule has 0 aliphatic heterocycles. The minimum atomic E-state index is 0.829. The first-order valence-electron chi connectivity index (χ1n) is 5.30. The van der Waals surface area contributed by atoms with E-state index in [1.807, 2.05) is 12.1 Å². The molecule has 0 aliphatic carbocycles. The summed E-state index contributed by atoms with van der Waals surface area (Å²) in [5.41, 5.74) is 7.70. The Kier molecular flexibility index (Phi) is 4.30. The monoisotopic (exact) mass is 192 g/mol. The van der Waals surface area contributed by atoms with E-state index in [0.29, 0.717) is 0 Å².